The number of piperidine rings is 1. The summed E-state index contributed by atoms with van der Waals surface area (Å²) in [7, 11) is 0. The predicted octanol–water partition coefficient (Wildman–Crippen LogP) is 3.40. The molecule has 0 unspecified atom stereocenters. The molecule has 1 aromatic carbocycles. The predicted molar refractivity (Wildman–Crippen MR) is 109 cm³/mol. The zero-order valence-corrected chi connectivity index (χ0v) is 16.1. The molecule has 0 saturated carbocycles. The van der Waals surface area contributed by atoms with Crippen LogP contribution in [0.2, 0.25) is 0 Å². The van der Waals surface area contributed by atoms with Gasteiger partial charge < -0.3 is 20.0 Å². The maximum absolute atomic E-state index is 5.88. The lowest BCUT2D eigenvalue weighted by Crippen LogP contribution is -2.48. The number of guanidine groups is 1. The summed E-state index contributed by atoms with van der Waals surface area (Å²) in [5, 5.41) is 8.15. The van der Waals surface area contributed by atoms with Gasteiger partial charge in [0, 0.05) is 44.0 Å². The highest BCUT2D eigenvalue weighted by Gasteiger charge is 2.19. The average molecular weight is 357 g/mol. The van der Waals surface area contributed by atoms with E-state index in [-0.39, 0.29) is 0 Å². The summed E-state index contributed by atoms with van der Waals surface area (Å²) in [5.74, 6) is 1.93. The van der Waals surface area contributed by atoms with E-state index in [9.17, 15) is 0 Å². The summed E-state index contributed by atoms with van der Waals surface area (Å²) in [4.78, 5) is 7.31. The van der Waals surface area contributed by atoms with E-state index >= 15 is 0 Å². The Hall–Kier alpha value is -2.01. The number of nitrogens with zero attached hydrogens (tertiary/aromatic N) is 2. The SMILES string of the molecule is CCCN1CCC(NC(=NCCc2cc3ccccc3o2)NCC)CC1. The number of likely N-dealkylation sites (tertiary alicyclic amines) is 1. The molecule has 1 saturated heterocycles. The summed E-state index contributed by atoms with van der Waals surface area (Å²) < 4.78 is 5.88. The maximum Gasteiger partial charge on any atom is 0.191 e. The van der Waals surface area contributed by atoms with Gasteiger partial charge in [-0.15, -0.1) is 0 Å². The lowest BCUT2D eigenvalue weighted by atomic mass is 10.1. The van der Waals surface area contributed by atoms with Crippen LogP contribution >= 0.6 is 0 Å². The van der Waals surface area contributed by atoms with Crippen LogP contribution in [0, 0.1) is 0 Å². The molecule has 0 bridgehead atoms. The van der Waals surface area contributed by atoms with E-state index in [4.69, 9.17) is 9.41 Å². The van der Waals surface area contributed by atoms with Crippen LogP contribution < -0.4 is 10.6 Å². The second kappa shape index (κ2) is 9.62. The third-order valence-corrected chi connectivity index (χ3v) is 4.92. The molecule has 1 aromatic heterocycles. The van der Waals surface area contributed by atoms with E-state index in [0.29, 0.717) is 6.04 Å². The molecular formula is C21H32N4O. The fourth-order valence-corrected chi connectivity index (χ4v) is 3.57. The number of fused-ring (bicyclic) bond motifs is 1. The van der Waals surface area contributed by atoms with Gasteiger partial charge in [-0.1, -0.05) is 25.1 Å². The number of para-hydroxylation sites is 1. The van der Waals surface area contributed by atoms with Crippen molar-refractivity contribution in [3.8, 4) is 0 Å². The number of hydrogen-bond donors (Lipinski definition) is 2. The molecule has 1 aliphatic heterocycles. The minimum Gasteiger partial charge on any atom is -0.461 e. The summed E-state index contributed by atoms with van der Waals surface area (Å²) in [6, 6.07) is 10.8. The Labute approximate surface area is 156 Å². The Bertz CT molecular complexity index is 668. The Balaban J connectivity index is 1.50. The zero-order valence-electron chi connectivity index (χ0n) is 16.1. The van der Waals surface area contributed by atoms with Crippen LogP contribution in [0.4, 0.5) is 0 Å². The first kappa shape index (κ1) is 18.8. The minimum absolute atomic E-state index is 0.520. The highest BCUT2D eigenvalue weighted by molar-refractivity contribution is 5.80. The molecule has 0 aliphatic carbocycles. The fraction of sp³-hybridized carbons (Fsp3) is 0.571. The van der Waals surface area contributed by atoms with Gasteiger partial charge in [-0.05, 0) is 44.9 Å². The van der Waals surface area contributed by atoms with Gasteiger partial charge in [-0.3, -0.25) is 4.99 Å². The van der Waals surface area contributed by atoms with E-state index in [2.05, 4.69) is 41.5 Å². The van der Waals surface area contributed by atoms with Crippen LogP contribution in [-0.4, -0.2) is 49.6 Å². The molecule has 1 aliphatic rings. The third kappa shape index (κ3) is 5.24. The van der Waals surface area contributed by atoms with Gasteiger partial charge in [0.25, 0.3) is 0 Å². The molecule has 0 atom stereocenters. The van der Waals surface area contributed by atoms with Gasteiger partial charge in [0.05, 0.1) is 0 Å². The quantitative estimate of drug-likeness (QED) is 0.590. The Morgan fingerprint density at radius 2 is 2.04 bits per heavy atom. The van der Waals surface area contributed by atoms with Crippen molar-refractivity contribution in [3.63, 3.8) is 0 Å². The monoisotopic (exact) mass is 356 g/mol. The van der Waals surface area contributed by atoms with Crippen molar-refractivity contribution in [1.29, 1.82) is 0 Å². The van der Waals surface area contributed by atoms with E-state index in [1.54, 1.807) is 0 Å². The third-order valence-electron chi connectivity index (χ3n) is 4.92. The highest BCUT2D eigenvalue weighted by atomic mass is 16.3. The molecule has 5 heteroatoms. The van der Waals surface area contributed by atoms with Crippen molar-refractivity contribution in [2.75, 3.05) is 32.7 Å². The van der Waals surface area contributed by atoms with Gasteiger partial charge in [0.2, 0.25) is 0 Å². The summed E-state index contributed by atoms with van der Waals surface area (Å²) in [6.07, 6.45) is 4.44. The molecule has 0 radical (unpaired) electrons. The van der Waals surface area contributed by atoms with E-state index in [1.165, 1.54) is 38.9 Å². The van der Waals surface area contributed by atoms with Gasteiger partial charge in [0.15, 0.2) is 5.96 Å². The lowest BCUT2D eigenvalue weighted by molar-refractivity contribution is 0.206. The molecule has 5 nitrogen and oxygen atoms in total. The van der Waals surface area contributed by atoms with Crippen LogP contribution in [-0.2, 0) is 6.42 Å². The second-order valence-corrected chi connectivity index (χ2v) is 7.02. The highest BCUT2D eigenvalue weighted by Crippen LogP contribution is 2.19. The standard InChI is InChI=1S/C21H32N4O/c1-3-13-25-14-10-18(11-15-25)24-21(22-4-2)23-12-9-19-16-17-7-5-6-8-20(17)26-19/h5-8,16,18H,3-4,9-15H2,1-2H3,(H2,22,23,24). The van der Waals surface area contributed by atoms with Crippen LogP contribution in [0.25, 0.3) is 11.0 Å². The molecule has 0 spiro atoms. The van der Waals surface area contributed by atoms with Crippen molar-refractivity contribution in [1.82, 2.24) is 15.5 Å². The molecule has 1 fully saturated rings. The second-order valence-electron chi connectivity index (χ2n) is 7.02. The smallest absolute Gasteiger partial charge is 0.191 e. The van der Waals surface area contributed by atoms with E-state index in [0.717, 1.165) is 42.2 Å². The zero-order chi connectivity index (χ0) is 18.2. The summed E-state index contributed by atoms with van der Waals surface area (Å²) in [5.41, 5.74) is 0.954. The van der Waals surface area contributed by atoms with Crippen molar-refractivity contribution in [2.24, 2.45) is 4.99 Å². The van der Waals surface area contributed by atoms with Crippen LogP contribution in [0.15, 0.2) is 39.7 Å². The molecule has 3 rings (SSSR count). The lowest BCUT2D eigenvalue weighted by Gasteiger charge is -2.32. The average Bonchev–Trinajstić information content (AvgIpc) is 3.06. The summed E-state index contributed by atoms with van der Waals surface area (Å²) >= 11 is 0. The summed E-state index contributed by atoms with van der Waals surface area (Å²) in [6.45, 7) is 9.56. The van der Waals surface area contributed by atoms with Crippen molar-refractivity contribution in [3.05, 3.63) is 36.1 Å². The van der Waals surface area contributed by atoms with Gasteiger partial charge in [0.1, 0.15) is 11.3 Å². The van der Waals surface area contributed by atoms with Crippen LogP contribution in [0.3, 0.4) is 0 Å². The number of furan rings is 1. The maximum atomic E-state index is 5.88. The first-order valence-electron chi connectivity index (χ1n) is 10.0. The van der Waals surface area contributed by atoms with Crippen LogP contribution in [0.5, 0.6) is 0 Å². The molecule has 26 heavy (non-hydrogen) atoms. The first-order chi connectivity index (χ1) is 12.8. The number of rotatable bonds is 7. The van der Waals surface area contributed by atoms with Crippen LogP contribution in [0.1, 0.15) is 38.9 Å². The first-order valence-corrected chi connectivity index (χ1v) is 10.0. The normalized spacial score (nSPS) is 16.9. The van der Waals surface area contributed by atoms with Crippen molar-refractivity contribution >= 4 is 16.9 Å². The topological polar surface area (TPSA) is 52.8 Å². The van der Waals surface area contributed by atoms with Crippen molar-refractivity contribution < 1.29 is 4.42 Å². The molecule has 2 aromatic rings. The van der Waals surface area contributed by atoms with E-state index < -0.39 is 0 Å². The minimum atomic E-state index is 0.520. The number of hydrogen-bond acceptors (Lipinski definition) is 3. The van der Waals surface area contributed by atoms with E-state index in [1.807, 2.05) is 18.2 Å². The number of aliphatic imine (C=N–C) groups is 1. The number of nitrogens with one attached hydrogen (secondary N) is 2. The Morgan fingerprint density at radius 1 is 1.23 bits per heavy atom. The Kier molecular flexibility index (Phi) is 6.95. The molecular weight excluding hydrogens is 324 g/mol. The Morgan fingerprint density at radius 3 is 2.77 bits per heavy atom. The molecule has 2 N–H and O–H groups in total. The van der Waals surface area contributed by atoms with Gasteiger partial charge in [-0.25, -0.2) is 0 Å². The number of benzene rings is 1. The molecule has 0 amide bonds. The van der Waals surface area contributed by atoms with Gasteiger partial charge in [-0.2, -0.15) is 0 Å². The fourth-order valence-electron chi connectivity index (χ4n) is 3.57. The largest absolute Gasteiger partial charge is 0.461 e. The molecule has 2 heterocycles. The molecule has 142 valence electrons. The van der Waals surface area contributed by atoms with Gasteiger partial charge >= 0.3 is 0 Å². The van der Waals surface area contributed by atoms with Crippen molar-refractivity contribution in [2.45, 2.75) is 45.6 Å².